The monoisotopic (exact) mass is 423 g/mol. The van der Waals surface area contributed by atoms with Crippen molar-refractivity contribution in [3.05, 3.63) is 53.3 Å². The first-order chi connectivity index (χ1) is 15.0. The lowest BCUT2D eigenvalue weighted by Crippen LogP contribution is -2.44. The van der Waals surface area contributed by atoms with Crippen LogP contribution in [0, 0.1) is 17.1 Å². The maximum atomic E-state index is 14.4. The van der Waals surface area contributed by atoms with Crippen LogP contribution in [0.3, 0.4) is 0 Å². The van der Waals surface area contributed by atoms with Gasteiger partial charge in [0.05, 0.1) is 23.9 Å². The molecule has 164 valence electrons. The Morgan fingerprint density at radius 2 is 2.06 bits per heavy atom. The number of benzene rings is 2. The fourth-order valence-electron chi connectivity index (χ4n) is 4.52. The summed E-state index contributed by atoms with van der Waals surface area (Å²) in [6.07, 6.45) is 3.10. The number of anilines is 1. The van der Waals surface area contributed by atoms with Crippen LogP contribution in [0.25, 0.3) is 11.1 Å². The summed E-state index contributed by atoms with van der Waals surface area (Å²) in [6, 6.07) is 13.1. The SMILES string of the molecule is CCC1(O)CCN(c2ccc(CC3CNCCO3)cc2-c2ccc(C#N)c(F)c2)CC1. The Bertz CT molecular complexity index is 958. The molecule has 2 aliphatic heterocycles. The zero-order valence-electron chi connectivity index (χ0n) is 18.0. The van der Waals surface area contributed by atoms with Crippen LogP contribution in [0.1, 0.15) is 37.3 Å². The maximum absolute atomic E-state index is 14.4. The molecule has 1 unspecified atom stereocenters. The number of nitrogens with one attached hydrogen (secondary N) is 1. The van der Waals surface area contributed by atoms with Crippen LogP contribution in [-0.4, -0.2) is 49.6 Å². The number of halogens is 1. The summed E-state index contributed by atoms with van der Waals surface area (Å²) in [5.41, 5.74) is 3.34. The van der Waals surface area contributed by atoms with Gasteiger partial charge >= 0.3 is 0 Å². The van der Waals surface area contributed by atoms with Gasteiger partial charge in [-0.15, -0.1) is 0 Å². The molecule has 0 spiro atoms. The molecule has 0 saturated carbocycles. The summed E-state index contributed by atoms with van der Waals surface area (Å²) >= 11 is 0. The largest absolute Gasteiger partial charge is 0.390 e. The molecule has 0 radical (unpaired) electrons. The molecule has 1 atom stereocenters. The van der Waals surface area contributed by atoms with E-state index in [1.54, 1.807) is 6.07 Å². The predicted molar refractivity (Wildman–Crippen MR) is 120 cm³/mol. The van der Waals surface area contributed by atoms with E-state index >= 15 is 0 Å². The molecule has 0 amide bonds. The number of morpholine rings is 1. The Balaban J connectivity index is 1.67. The Hall–Kier alpha value is -2.46. The Morgan fingerprint density at radius 3 is 2.71 bits per heavy atom. The number of nitriles is 1. The topological polar surface area (TPSA) is 68.5 Å². The van der Waals surface area contributed by atoms with Crippen molar-refractivity contribution in [3.8, 4) is 17.2 Å². The number of nitrogens with zero attached hydrogens (tertiary/aromatic N) is 2. The fourth-order valence-corrected chi connectivity index (χ4v) is 4.52. The average molecular weight is 424 g/mol. The number of aliphatic hydroxyl groups is 1. The van der Waals surface area contributed by atoms with E-state index in [0.29, 0.717) is 19.4 Å². The van der Waals surface area contributed by atoms with Crippen molar-refractivity contribution >= 4 is 5.69 Å². The van der Waals surface area contributed by atoms with Crippen molar-refractivity contribution in [1.29, 1.82) is 5.26 Å². The lowest BCUT2D eigenvalue weighted by Gasteiger charge is -2.39. The van der Waals surface area contributed by atoms with Crippen LogP contribution >= 0.6 is 0 Å². The fraction of sp³-hybridized carbons (Fsp3) is 0.480. The third-order valence-corrected chi connectivity index (χ3v) is 6.62. The van der Waals surface area contributed by atoms with Crippen molar-refractivity contribution in [2.45, 2.75) is 44.3 Å². The molecule has 2 heterocycles. The molecule has 5 nitrogen and oxygen atoms in total. The summed E-state index contributed by atoms with van der Waals surface area (Å²) in [5.74, 6) is -0.504. The van der Waals surface area contributed by atoms with Crippen molar-refractivity contribution in [1.82, 2.24) is 5.32 Å². The van der Waals surface area contributed by atoms with Crippen LogP contribution < -0.4 is 10.2 Å². The van der Waals surface area contributed by atoms with E-state index in [-0.39, 0.29) is 11.7 Å². The number of ether oxygens (including phenoxy) is 1. The van der Waals surface area contributed by atoms with E-state index in [4.69, 9.17) is 10.00 Å². The van der Waals surface area contributed by atoms with Crippen molar-refractivity contribution < 1.29 is 14.2 Å². The van der Waals surface area contributed by atoms with E-state index in [9.17, 15) is 9.50 Å². The first-order valence-electron chi connectivity index (χ1n) is 11.1. The van der Waals surface area contributed by atoms with E-state index in [2.05, 4.69) is 28.4 Å². The highest BCUT2D eigenvalue weighted by atomic mass is 19.1. The van der Waals surface area contributed by atoms with Gasteiger partial charge in [-0.2, -0.15) is 5.26 Å². The second kappa shape index (κ2) is 9.35. The summed E-state index contributed by atoms with van der Waals surface area (Å²) in [4.78, 5) is 2.28. The van der Waals surface area contributed by atoms with Crippen LogP contribution in [0.5, 0.6) is 0 Å². The highest BCUT2D eigenvalue weighted by molar-refractivity contribution is 5.80. The highest BCUT2D eigenvalue weighted by Crippen LogP contribution is 2.36. The molecule has 2 aromatic rings. The molecule has 2 aromatic carbocycles. The highest BCUT2D eigenvalue weighted by Gasteiger charge is 2.31. The number of piperidine rings is 1. The van der Waals surface area contributed by atoms with Crippen molar-refractivity contribution in [2.75, 3.05) is 37.7 Å². The molecular formula is C25H30FN3O2. The van der Waals surface area contributed by atoms with Gasteiger partial charge < -0.3 is 20.1 Å². The standard InChI is InChI=1S/C25H30FN3O2/c1-2-25(30)7-10-29(11-8-25)24-6-3-18(13-21-17-28-9-12-31-21)14-22(24)19-4-5-20(16-27)23(26)15-19/h3-6,14-15,21,28,30H,2,7-13,17H2,1H3. The molecule has 2 fully saturated rings. The molecule has 6 heteroatoms. The average Bonchev–Trinajstić information content (AvgIpc) is 2.80. The van der Waals surface area contributed by atoms with E-state index in [1.807, 2.05) is 19.1 Å². The van der Waals surface area contributed by atoms with Gasteiger partial charge in [-0.05, 0) is 61.1 Å². The van der Waals surface area contributed by atoms with E-state index in [1.165, 1.54) is 6.07 Å². The van der Waals surface area contributed by atoms with Crippen LogP contribution in [0.15, 0.2) is 36.4 Å². The van der Waals surface area contributed by atoms with Gasteiger partial charge in [0.15, 0.2) is 0 Å². The van der Waals surface area contributed by atoms with Gasteiger partial charge in [-0.25, -0.2) is 4.39 Å². The quantitative estimate of drug-likeness (QED) is 0.769. The summed E-state index contributed by atoms with van der Waals surface area (Å²) in [7, 11) is 0. The van der Waals surface area contributed by atoms with Crippen LogP contribution in [-0.2, 0) is 11.2 Å². The Morgan fingerprint density at radius 1 is 1.26 bits per heavy atom. The van der Waals surface area contributed by atoms with Crippen molar-refractivity contribution in [2.24, 2.45) is 0 Å². The molecule has 2 aliphatic rings. The first kappa shape index (κ1) is 21.8. The molecule has 31 heavy (non-hydrogen) atoms. The van der Waals surface area contributed by atoms with Crippen LogP contribution in [0.4, 0.5) is 10.1 Å². The molecule has 2 N–H and O–H groups in total. The number of hydrogen-bond donors (Lipinski definition) is 2. The summed E-state index contributed by atoms with van der Waals surface area (Å²) < 4.78 is 20.3. The minimum Gasteiger partial charge on any atom is -0.390 e. The zero-order valence-corrected chi connectivity index (χ0v) is 18.0. The lowest BCUT2D eigenvalue weighted by atomic mass is 9.88. The Labute approximate surface area is 183 Å². The van der Waals surface area contributed by atoms with Gasteiger partial charge in [0.2, 0.25) is 0 Å². The second-order valence-electron chi connectivity index (χ2n) is 8.62. The van der Waals surface area contributed by atoms with Gasteiger partial charge in [0.25, 0.3) is 0 Å². The number of hydrogen-bond acceptors (Lipinski definition) is 5. The van der Waals surface area contributed by atoms with Gasteiger partial charge in [0.1, 0.15) is 11.9 Å². The molecule has 0 aromatic heterocycles. The van der Waals surface area contributed by atoms with Gasteiger partial charge in [0, 0.05) is 37.4 Å². The predicted octanol–water partition coefficient (Wildman–Crippen LogP) is 3.64. The smallest absolute Gasteiger partial charge is 0.141 e. The third-order valence-electron chi connectivity index (χ3n) is 6.62. The molecule has 0 aliphatic carbocycles. The maximum Gasteiger partial charge on any atom is 0.141 e. The van der Waals surface area contributed by atoms with E-state index < -0.39 is 11.4 Å². The molecule has 0 bridgehead atoms. The molecular weight excluding hydrogens is 393 g/mol. The molecule has 4 rings (SSSR count). The minimum atomic E-state index is -0.595. The second-order valence-corrected chi connectivity index (χ2v) is 8.62. The third kappa shape index (κ3) is 4.90. The van der Waals surface area contributed by atoms with Crippen LogP contribution in [0.2, 0.25) is 0 Å². The zero-order chi connectivity index (χ0) is 21.8. The van der Waals surface area contributed by atoms with Gasteiger partial charge in [-0.3, -0.25) is 0 Å². The molecule has 2 saturated heterocycles. The number of rotatable bonds is 5. The normalized spacial score (nSPS) is 21.0. The first-order valence-corrected chi connectivity index (χ1v) is 11.1. The summed E-state index contributed by atoms with van der Waals surface area (Å²) in [5, 5.41) is 23.1. The summed E-state index contributed by atoms with van der Waals surface area (Å²) in [6.45, 7) is 5.95. The lowest BCUT2D eigenvalue weighted by molar-refractivity contribution is 0.0126. The van der Waals surface area contributed by atoms with Gasteiger partial charge in [-0.1, -0.05) is 19.1 Å². The Kier molecular flexibility index (Phi) is 6.57. The minimum absolute atomic E-state index is 0.0501. The van der Waals surface area contributed by atoms with Crippen molar-refractivity contribution in [3.63, 3.8) is 0 Å². The van der Waals surface area contributed by atoms with E-state index in [0.717, 1.165) is 61.4 Å².